The Bertz CT molecular complexity index is 984. The predicted octanol–water partition coefficient (Wildman–Crippen LogP) is 5.34. The second kappa shape index (κ2) is 9.39. The fourth-order valence-corrected chi connectivity index (χ4v) is 3.19. The van der Waals surface area contributed by atoms with Gasteiger partial charge < -0.3 is 14.8 Å². The van der Waals surface area contributed by atoms with E-state index in [1.54, 1.807) is 42.7 Å². The van der Waals surface area contributed by atoms with Gasteiger partial charge in [0.2, 0.25) is 5.91 Å². The van der Waals surface area contributed by atoms with Crippen molar-refractivity contribution in [2.45, 2.75) is 13.5 Å². The highest BCUT2D eigenvalue weighted by molar-refractivity contribution is 7.09. The topological polar surface area (TPSA) is 60.5 Å². The number of benzene rings is 2. The summed E-state index contributed by atoms with van der Waals surface area (Å²) in [6.07, 6.45) is 3.18. The average molecular weight is 415 g/mol. The molecule has 0 radical (unpaired) electrons. The van der Waals surface area contributed by atoms with Crippen molar-refractivity contribution >= 4 is 40.6 Å². The third-order valence-electron chi connectivity index (χ3n) is 3.79. The summed E-state index contributed by atoms with van der Waals surface area (Å²) in [5.41, 5.74) is 2.33. The van der Waals surface area contributed by atoms with Crippen LogP contribution in [0.4, 0.5) is 5.69 Å². The summed E-state index contributed by atoms with van der Waals surface area (Å²) in [6.45, 7) is 2.40. The van der Waals surface area contributed by atoms with Gasteiger partial charge in [-0.25, -0.2) is 4.98 Å². The monoisotopic (exact) mass is 414 g/mol. The van der Waals surface area contributed by atoms with Gasteiger partial charge in [-0.1, -0.05) is 23.7 Å². The Hall–Kier alpha value is -2.83. The third-order valence-corrected chi connectivity index (χ3v) is 4.93. The first-order valence-electron chi connectivity index (χ1n) is 8.50. The van der Waals surface area contributed by atoms with E-state index >= 15 is 0 Å². The maximum absolute atomic E-state index is 12.1. The van der Waals surface area contributed by atoms with Crippen LogP contribution in [0.2, 0.25) is 5.02 Å². The van der Waals surface area contributed by atoms with E-state index in [0.717, 1.165) is 22.0 Å². The molecular formula is C21H19ClN2O3S. The van der Waals surface area contributed by atoms with Gasteiger partial charge in [-0.3, -0.25) is 4.79 Å². The van der Waals surface area contributed by atoms with Crippen molar-refractivity contribution in [1.82, 2.24) is 4.98 Å². The molecule has 0 spiro atoms. The fourth-order valence-electron chi connectivity index (χ4n) is 2.38. The predicted molar refractivity (Wildman–Crippen MR) is 113 cm³/mol. The number of carbonyl (C=O) groups excluding carboxylic acids is 1. The van der Waals surface area contributed by atoms with Crippen LogP contribution in [0.3, 0.4) is 0 Å². The van der Waals surface area contributed by atoms with Crippen LogP contribution in [-0.2, 0) is 11.4 Å². The molecule has 0 fully saturated rings. The van der Waals surface area contributed by atoms with E-state index in [1.165, 1.54) is 6.08 Å². The lowest BCUT2D eigenvalue weighted by Crippen LogP contribution is -2.08. The molecule has 0 aliphatic carbocycles. The molecule has 0 atom stereocenters. The van der Waals surface area contributed by atoms with Crippen LogP contribution in [0.1, 0.15) is 16.3 Å². The van der Waals surface area contributed by atoms with E-state index < -0.39 is 0 Å². The Kier molecular flexibility index (Phi) is 6.68. The molecule has 1 heterocycles. The molecule has 0 unspecified atom stereocenters. The van der Waals surface area contributed by atoms with Crippen molar-refractivity contribution in [3.05, 3.63) is 75.2 Å². The van der Waals surface area contributed by atoms with Crippen LogP contribution < -0.4 is 14.8 Å². The van der Waals surface area contributed by atoms with Gasteiger partial charge >= 0.3 is 0 Å². The van der Waals surface area contributed by atoms with Gasteiger partial charge in [0.15, 0.2) is 0 Å². The molecule has 2 aromatic carbocycles. The lowest BCUT2D eigenvalue weighted by atomic mass is 10.2. The Morgan fingerprint density at radius 2 is 1.96 bits per heavy atom. The van der Waals surface area contributed by atoms with Crippen molar-refractivity contribution in [2.24, 2.45) is 0 Å². The van der Waals surface area contributed by atoms with Crippen molar-refractivity contribution < 1.29 is 14.3 Å². The molecule has 0 saturated heterocycles. The smallest absolute Gasteiger partial charge is 0.248 e. The first-order valence-corrected chi connectivity index (χ1v) is 9.76. The van der Waals surface area contributed by atoms with Crippen molar-refractivity contribution in [2.75, 3.05) is 12.4 Å². The highest BCUT2D eigenvalue weighted by Crippen LogP contribution is 2.26. The summed E-state index contributed by atoms with van der Waals surface area (Å²) in [4.78, 5) is 16.5. The van der Waals surface area contributed by atoms with Crippen LogP contribution in [0.5, 0.6) is 11.5 Å². The third kappa shape index (κ3) is 5.58. The molecule has 0 saturated carbocycles. The molecule has 0 aliphatic rings. The number of hydrogen-bond donors (Lipinski definition) is 1. The lowest BCUT2D eigenvalue weighted by Gasteiger charge is -2.07. The van der Waals surface area contributed by atoms with Gasteiger partial charge in [-0.2, -0.15) is 0 Å². The zero-order chi connectivity index (χ0) is 19.9. The zero-order valence-electron chi connectivity index (χ0n) is 15.4. The number of amides is 1. The summed E-state index contributed by atoms with van der Waals surface area (Å²) in [6, 6.07) is 12.6. The molecule has 1 amide bonds. The Balaban J connectivity index is 1.54. The molecular weight excluding hydrogens is 396 g/mol. The maximum Gasteiger partial charge on any atom is 0.248 e. The quantitative estimate of drug-likeness (QED) is 0.530. The van der Waals surface area contributed by atoms with Crippen molar-refractivity contribution in [3.8, 4) is 11.5 Å². The molecule has 0 aliphatic heterocycles. The first-order chi connectivity index (χ1) is 13.5. The van der Waals surface area contributed by atoms with E-state index in [9.17, 15) is 4.79 Å². The number of thiazole rings is 1. The van der Waals surface area contributed by atoms with Gasteiger partial charge in [-0.05, 0) is 42.8 Å². The van der Waals surface area contributed by atoms with E-state index in [2.05, 4.69) is 10.3 Å². The summed E-state index contributed by atoms with van der Waals surface area (Å²) in [5.74, 6) is 1.11. The first kappa shape index (κ1) is 19.9. The molecule has 144 valence electrons. The van der Waals surface area contributed by atoms with Gasteiger partial charge in [0, 0.05) is 17.5 Å². The lowest BCUT2D eigenvalue weighted by molar-refractivity contribution is -0.111. The number of rotatable bonds is 7. The SMILES string of the molecule is COc1ccc(NC(=O)C=Cc2ccc(OCc3csc(C)n3)cc2)c(Cl)c1. The Morgan fingerprint density at radius 3 is 2.61 bits per heavy atom. The summed E-state index contributed by atoms with van der Waals surface area (Å²) in [7, 11) is 1.56. The number of nitrogens with one attached hydrogen (secondary N) is 1. The zero-order valence-corrected chi connectivity index (χ0v) is 17.0. The van der Waals surface area contributed by atoms with Crippen LogP contribution in [-0.4, -0.2) is 18.0 Å². The summed E-state index contributed by atoms with van der Waals surface area (Å²) >= 11 is 7.73. The molecule has 1 N–H and O–H groups in total. The second-order valence-electron chi connectivity index (χ2n) is 5.88. The van der Waals surface area contributed by atoms with E-state index in [1.807, 2.05) is 36.6 Å². The Morgan fingerprint density at radius 1 is 1.21 bits per heavy atom. The number of carbonyl (C=O) groups is 1. The highest BCUT2D eigenvalue weighted by Gasteiger charge is 2.05. The number of ether oxygens (including phenoxy) is 2. The van der Waals surface area contributed by atoms with E-state index in [-0.39, 0.29) is 5.91 Å². The number of halogens is 1. The van der Waals surface area contributed by atoms with E-state index in [4.69, 9.17) is 21.1 Å². The fraction of sp³-hybridized carbons (Fsp3) is 0.143. The molecule has 28 heavy (non-hydrogen) atoms. The summed E-state index contributed by atoms with van der Waals surface area (Å²) < 4.78 is 10.8. The summed E-state index contributed by atoms with van der Waals surface area (Å²) in [5, 5.41) is 6.16. The molecule has 1 aromatic heterocycles. The number of aromatic nitrogens is 1. The number of aryl methyl sites for hydroxylation is 1. The van der Waals surface area contributed by atoms with Crippen LogP contribution in [0.25, 0.3) is 6.08 Å². The molecule has 3 rings (SSSR count). The molecule has 7 heteroatoms. The van der Waals surface area contributed by atoms with Crippen LogP contribution in [0.15, 0.2) is 53.9 Å². The molecule has 5 nitrogen and oxygen atoms in total. The largest absolute Gasteiger partial charge is 0.497 e. The minimum Gasteiger partial charge on any atom is -0.497 e. The molecule has 0 bridgehead atoms. The van der Waals surface area contributed by atoms with E-state index in [0.29, 0.717) is 23.1 Å². The average Bonchev–Trinajstić information content (AvgIpc) is 3.12. The highest BCUT2D eigenvalue weighted by atomic mass is 35.5. The van der Waals surface area contributed by atoms with Gasteiger partial charge in [-0.15, -0.1) is 11.3 Å². The van der Waals surface area contributed by atoms with Gasteiger partial charge in [0.05, 0.1) is 28.5 Å². The number of hydrogen-bond acceptors (Lipinski definition) is 5. The molecule has 3 aromatic rings. The maximum atomic E-state index is 12.1. The standard InChI is InChI=1S/C21H19ClN2O3S/c1-14-23-16(13-28-14)12-27-17-6-3-15(4-7-17)5-10-21(25)24-20-9-8-18(26-2)11-19(20)22/h3-11,13H,12H2,1-2H3,(H,24,25). The number of methoxy groups -OCH3 is 1. The second-order valence-corrected chi connectivity index (χ2v) is 7.35. The van der Waals surface area contributed by atoms with Gasteiger partial charge in [0.1, 0.15) is 18.1 Å². The van der Waals surface area contributed by atoms with Crippen LogP contribution in [0, 0.1) is 6.92 Å². The normalized spacial score (nSPS) is 10.8. The minimum absolute atomic E-state index is 0.272. The number of anilines is 1. The van der Waals surface area contributed by atoms with Crippen molar-refractivity contribution in [3.63, 3.8) is 0 Å². The van der Waals surface area contributed by atoms with Crippen LogP contribution >= 0.6 is 22.9 Å². The number of nitrogens with zero attached hydrogens (tertiary/aromatic N) is 1. The minimum atomic E-state index is -0.272. The van der Waals surface area contributed by atoms with Crippen molar-refractivity contribution in [1.29, 1.82) is 0 Å². The van der Waals surface area contributed by atoms with Gasteiger partial charge in [0.25, 0.3) is 0 Å². The Labute approximate surface area is 172 Å².